The molecule has 2 aromatic rings. The van der Waals surface area contributed by atoms with Gasteiger partial charge in [0.05, 0.1) is 23.6 Å². The number of hydrogen-bond acceptors (Lipinski definition) is 3. The summed E-state index contributed by atoms with van der Waals surface area (Å²) in [5.74, 6) is 0. The molecule has 2 unspecified atom stereocenters. The van der Waals surface area contributed by atoms with Crippen LogP contribution in [0, 0.1) is 0 Å². The molecule has 3 rings (SSSR count). The molecule has 0 aromatic heterocycles. The Labute approximate surface area is 155 Å². The second kappa shape index (κ2) is 8.23. The van der Waals surface area contributed by atoms with E-state index in [1.165, 1.54) is 5.56 Å². The first-order valence-electron chi connectivity index (χ1n) is 9.08. The maximum Gasteiger partial charge on any atom is 0.322 e. The van der Waals surface area contributed by atoms with Gasteiger partial charge in [0.1, 0.15) is 0 Å². The van der Waals surface area contributed by atoms with Crippen LogP contribution in [0.5, 0.6) is 0 Å². The predicted molar refractivity (Wildman–Crippen MR) is 106 cm³/mol. The Bertz CT molecular complexity index is 725. The normalized spacial score (nSPS) is 19.9. The first kappa shape index (κ1) is 18.3. The zero-order chi connectivity index (χ0) is 18.5. The summed E-state index contributed by atoms with van der Waals surface area (Å²) in [6.07, 6.45) is 0.112. The molecule has 0 aliphatic carbocycles. The number of nitrogens with one attached hydrogen (secondary N) is 1. The zero-order valence-corrected chi connectivity index (χ0v) is 15.7. The Kier molecular flexibility index (Phi) is 5.78. The first-order chi connectivity index (χ1) is 12.5. The average Bonchev–Trinajstić information content (AvgIpc) is 2.62. The molecule has 0 radical (unpaired) electrons. The maximum atomic E-state index is 12.7. The third-order valence-corrected chi connectivity index (χ3v) is 4.53. The van der Waals surface area contributed by atoms with Crippen LogP contribution in [0.2, 0.25) is 0 Å². The highest BCUT2D eigenvalue weighted by atomic mass is 16.5. The van der Waals surface area contributed by atoms with Crippen molar-refractivity contribution in [1.29, 1.82) is 0 Å². The van der Waals surface area contributed by atoms with Gasteiger partial charge in [-0.15, -0.1) is 0 Å². The number of carbonyl (C=O) groups is 1. The predicted octanol–water partition coefficient (Wildman–Crippen LogP) is 3.96. The Hall–Kier alpha value is -2.53. The largest absolute Gasteiger partial charge is 0.372 e. The topological polar surface area (TPSA) is 44.8 Å². The van der Waals surface area contributed by atoms with Crippen molar-refractivity contribution in [3.8, 4) is 0 Å². The van der Waals surface area contributed by atoms with Crippen molar-refractivity contribution in [2.45, 2.75) is 32.6 Å². The van der Waals surface area contributed by atoms with Gasteiger partial charge in [-0.3, -0.25) is 0 Å². The van der Waals surface area contributed by atoms with Crippen LogP contribution >= 0.6 is 0 Å². The molecule has 5 heteroatoms. The Morgan fingerprint density at radius 3 is 2.38 bits per heavy atom. The minimum absolute atomic E-state index is 0.0560. The molecular weight excluding hydrogens is 326 g/mol. The lowest BCUT2D eigenvalue weighted by atomic mass is 10.2. The molecule has 2 atom stereocenters. The van der Waals surface area contributed by atoms with Crippen molar-refractivity contribution in [3.05, 3.63) is 60.2 Å². The Morgan fingerprint density at radius 1 is 1.08 bits per heavy atom. The van der Waals surface area contributed by atoms with Gasteiger partial charge in [-0.2, -0.15) is 0 Å². The summed E-state index contributed by atoms with van der Waals surface area (Å²) in [6, 6.07) is 18.1. The second-order valence-electron chi connectivity index (χ2n) is 6.95. The molecule has 1 fully saturated rings. The fourth-order valence-corrected chi connectivity index (χ4v) is 3.39. The molecule has 5 nitrogen and oxygen atoms in total. The number of para-hydroxylation sites is 2. The molecule has 0 saturated carbocycles. The van der Waals surface area contributed by atoms with Crippen molar-refractivity contribution < 1.29 is 9.53 Å². The number of carbonyl (C=O) groups excluding carboxylic acids is 1. The van der Waals surface area contributed by atoms with Crippen LogP contribution in [-0.4, -0.2) is 43.3 Å². The summed E-state index contributed by atoms with van der Waals surface area (Å²) >= 11 is 0. The van der Waals surface area contributed by atoms with Crippen LogP contribution in [0.25, 0.3) is 0 Å². The van der Waals surface area contributed by atoms with Crippen molar-refractivity contribution >= 4 is 17.4 Å². The van der Waals surface area contributed by atoms with Gasteiger partial charge in [0.2, 0.25) is 0 Å². The van der Waals surface area contributed by atoms with E-state index in [1.54, 1.807) is 0 Å². The van der Waals surface area contributed by atoms with Crippen molar-refractivity contribution in [2.24, 2.45) is 0 Å². The van der Waals surface area contributed by atoms with Crippen LogP contribution in [0.1, 0.15) is 19.4 Å². The summed E-state index contributed by atoms with van der Waals surface area (Å²) in [5, 5.41) is 3.08. The van der Waals surface area contributed by atoms with Crippen LogP contribution < -0.4 is 10.2 Å². The zero-order valence-electron chi connectivity index (χ0n) is 15.7. The molecule has 1 N–H and O–H groups in total. The number of hydrogen-bond donors (Lipinski definition) is 1. The van der Waals surface area contributed by atoms with Gasteiger partial charge in [-0.1, -0.05) is 42.5 Å². The standard InChI is InChI=1S/C21H27N3O2/c1-16-13-24(14-17(2)26-16)21(25)22-19-11-7-8-12-20(19)23(3)15-18-9-5-4-6-10-18/h4-12,16-17H,13-15H2,1-3H3,(H,22,25). The van der Waals surface area contributed by atoms with E-state index in [-0.39, 0.29) is 18.2 Å². The van der Waals surface area contributed by atoms with Gasteiger partial charge in [0.25, 0.3) is 0 Å². The summed E-state index contributed by atoms with van der Waals surface area (Å²) < 4.78 is 5.72. The molecular formula is C21H27N3O2. The van der Waals surface area contributed by atoms with E-state index < -0.39 is 0 Å². The minimum Gasteiger partial charge on any atom is -0.372 e. The van der Waals surface area contributed by atoms with E-state index in [1.807, 2.05) is 68.3 Å². The fourth-order valence-electron chi connectivity index (χ4n) is 3.39. The summed E-state index contributed by atoms with van der Waals surface area (Å²) in [5.41, 5.74) is 3.05. The molecule has 0 bridgehead atoms. The number of anilines is 2. The van der Waals surface area contributed by atoms with E-state index >= 15 is 0 Å². The lowest BCUT2D eigenvalue weighted by molar-refractivity contribution is -0.0530. The molecule has 1 saturated heterocycles. The molecule has 2 aromatic carbocycles. The maximum absolute atomic E-state index is 12.7. The van der Waals surface area contributed by atoms with Crippen LogP contribution in [0.15, 0.2) is 54.6 Å². The number of rotatable bonds is 4. The Morgan fingerprint density at radius 2 is 1.69 bits per heavy atom. The minimum atomic E-state index is -0.0763. The lowest BCUT2D eigenvalue weighted by Crippen LogP contribution is -2.49. The molecule has 1 heterocycles. The van der Waals surface area contributed by atoms with Crippen molar-refractivity contribution in [2.75, 3.05) is 30.4 Å². The van der Waals surface area contributed by atoms with Gasteiger partial charge < -0.3 is 19.9 Å². The van der Waals surface area contributed by atoms with Gasteiger partial charge in [0, 0.05) is 26.7 Å². The van der Waals surface area contributed by atoms with E-state index in [4.69, 9.17) is 4.74 Å². The van der Waals surface area contributed by atoms with Crippen LogP contribution in [-0.2, 0) is 11.3 Å². The summed E-state index contributed by atoms with van der Waals surface area (Å²) in [6.45, 7) is 5.99. The third kappa shape index (κ3) is 4.55. The lowest BCUT2D eigenvalue weighted by Gasteiger charge is -2.35. The first-order valence-corrected chi connectivity index (χ1v) is 9.08. The molecule has 1 aliphatic rings. The molecule has 0 spiro atoms. The highest BCUT2D eigenvalue weighted by molar-refractivity contribution is 5.93. The SMILES string of the molecule is CC1CN(C(=O)Nc2ccccc2N(C)Cc2ccccc2)CC(C)O1. The highest BCUT2D eigenvalue weighted by Crippen LogP contribution is 2.26. The van der Waals surface area contributed by atoms with Crippen LogP contribution in [0.3, 0.4) is 0 Å². The summed E-state index contributed by atoms with van der Waals surface area (Å²) in [4.78, 5) is 16.7. The second-order valence-corrected chi connectivity index (χ2v) is 6.95. The number of ether oxygens (including phenoxy) is 1. The molecule has 2 amide bonds. The van der Waals surface area contributed by atoms with Crippen molar-refractivity contribution in [1.82, 2.24) is 4.90 Å². The molecule has 26 heavy (non-hydrogen) atoms. The highest BCUT2D eigenvalue weighted by Gasteiger charge is 2.26. The third-order valence-electron chi connectivity index (χ3n) is 4.53. The van der Waals surface area contributed by atoms with Gasteiger partial charge in [-0.05, 0) is 31.5 Å². The summed E-state index contributed by atoms with van der Waals surface area (Å²) in [7, 11) is 2.04. The van der Waals surface area contributed by atoms with Gasteiger partial charge in [0.15, 0.2) is 0 Å². The van der Waals surface area contributed by atoms with Gasteiger partial charge in [-0.25, -0.2) is 4.79 Å². The van der Waals surface area contributed by atoms with Crippen molar-refractivity contribution in [3.63, 3.8) is 0 Å². The van der Waals surface area contributed by atoms with E-state index in [9.17, 15) is 4.79 Å². The molecule has 1 aliphatic heterocycles. The smallest absolute Gasteiger partial charge is 0.322 e. The number of amides is 2. The van der Waals surface area contributed by atoms with Crippen LogP contribution in [0.4, 0.5) is 16.2 Å². The van der Waals surface area contributed by atoms with E-state index in [2.05, 4.69) is 22.3 Å². The number of nitrogens with zero attached hydrogens (tertiary/aromatic N) is 2. The number of benzene rings is 2. The number of morpholine rings is 1. The molecule has 138 valence electrons. The quantitative estimate of drug-likeness (QED) is 0.905. The monoisotopic (exact) mass is 353 g/mol. The Balaban J connectivity index is 1.71. The fraction of sp³-hybridized carbons (Fsp3) is 0.381. The average molecular weight is 353 g/mol. The van der Waals surface area contributed by atoms with Gasteiger partial charge >= 0.3 is 6.03 Å². The van der Waals surface area contributed by atoms with E-state index in [0.29, 0.717) is 13.1 Å². The number of urea groups is 1. The van der Waals surface area contributed by atoms with E-state index in [0.717, 1.165) is 17.9 Å².